The Morgan fingerprint density at radius 1 is 1.21 bits per heavy atom. The molecule has 0 amide bonds. The number of hydrogen-bond donors (Lipinski definition) is 1. The minimum absolute atomic E-state index is 0.0951. The first-order chi connectivity index (χ1) is 6.74. The lowest BCUT2D eigenvalue weighted by molar-refractivity contribution is 0.0450. The summed E-state index contributed by atoms with van der Waals surface area (Å²) in [4.78, 5) is 0. The summed E-state index contributed by atoms with van der Waals surface area (Å²) in [5.74, 6) is -0.194. The fourth-order valence-electron chi connectivity index (χ4n) is 2.10. The highest BCUT2D eigenvalue weighted by molar-refractivity contribution is 5.18. The molecule has 0 aromatic heterocycles. The van der Waals surface area contributed by atoms with E-state index in [2.05, 4.69) is 0 Å². The average molecular weight is 194 g/mol. The molecule has 1 aromatic carbocycles. The van der Waals surface area contributed by atoms with Crippen LogP contribution in [0, 0.1) is 11.2 Å². The van der Waals surface area contributed by atoms with E-state index in [-0.39, 0.29) is 17.8 Å². The van der Waals surface area contributed by atoms with E-state index in [1.165, 1.54) is 18.6 Å². The topological polar surface area (TPSA) is 20.2 Å². The SMILES string of the molecule is OCC1(Cc2ccc(F)cc2)CCC1. The molecule has 0 aliphatic heterocycles. The number of hydrogen-bond acceptors (Lipinski definition) is 1. The van der Waals surface area contributed by atoms with Gasteiger partial charge >= 0.3 is 0 Å². The van der Waals surface area contributed by atoms with Gasteiger partial charge in [0.05, 0.1) is 0 Å². The molecule has 1 N–H and O–H groups in total. The molecule has 0 radical (unpaired) electrons. The molecule has 2 rings (SSSR count). The molecule has 1 fully saturated rings. The van der Waals surface area contributed by atoms with Crippen molar-refractivity contribution in [1.29, 1.82) is 0 Å². The fraction of sp³-hybridized carbons (Fsp3) is 0.500. The standard InChI is InChI=1S/C12H15FO/c13-11-4-2-10(3-5-11)8-12(9-14)6-1-7-12/h2-5,14H,1,6-9H2. The van der Waals surface area contributed by atoms with Crippen molar-refractivity contribution in [3.63, 3.8) is 0 Å². The summed E-state index contributed by atoms with van der Waals surface area (Å²) in [5.41, 5.74) is 1.22. The van der Waals surface area contributed by atoms with Crippen molar-refractivity contribution in [2.24, 2.45) is 5.41 Å². The molecule has 1 nitrogen and oxygen atoms in total. The van der Waals surface area contributed by atoms with Gasteiger partial charge in [0, 0.05) is 6.61 Å². The van der Waals surface area contributed by atoms with Crippen LogP contribution in [-0.2, 0) is 6.42 Å². The summed E-state index contributed by atoms with van der Waals surface area (Å²) in [6.07, 6.45) is 4.29. The van der Waals surface area contributed by atoms with Crippen LogP contribution in [0.15, 0.2) is 24.3 Å². The molecule has 1 aromatic rings. The molecule has 0 heterocycles. The van der Waals surface area contributed by atoms with Crippen molar-refractivity contribution in [3.05, 3.63) is 35.6 Å². The van der Waals surface area contributed by atoms with Gasteiger partial charge in [0.15, 0.2) is 0 Å². The minimum Gasteiger partial charge on any atom is -0.396 e. The maximum atomic E-state index is 12.6. The zero-order valence-electron chi connectivity index (χ0n) is 8.17. The third-order valence-electron chi connectivity index (χ3n) is 3.24. The van der Waals surface area contributed by atoms with Crippen LogP contribution in [0.2, 0.25) is 0 Å². The average Bonchev–Trinajstić information content (AvgIpc) is 2.15. The van der Waals surface area contributed by atoms with E-state index >= 15 is 0 Å². The largest absolute Gasteiger partial charge is 0.396 e. The van der Waals surface area contributed by atoms with Crippen molar-refractivity contribution in [2.45, 2.75) is 25.7 Å². The van der Waals surface area contributed by atoms with Crippen molar-refractivity contribution in [2.75, 3.05) is 6.61 Å². The van der Waals surface area contributed by atoms with Gasteiger partial charge in [-0.3, -0.25) is 0 Å². The van der Waals surface area contributed by atoms with Gasteiger partial charge in [0.2, 0.25) is 0 Å². The fourth-order valence-corrected chi connectivity index (χ4v) is 2.10. The molecule has 0 saturated heterocycles. The van der Waals surface area contributed by atoms with E-state index in [9.17, 15) is 9.50 Å². The van der Waals surface area contributed by atoms with Crippen LogP contribution in [0.1, 0.15) is 24.8 Å². The first-order valence-corrected chi connectivity index (χ1v) is 5.09. The summed E-state index contributed by atoms with van der Waals surface area (Å²) < 4.78 is 12.6. The smallest absolute Gasteiger partial charge is 0.123 e. The summed E-state index contributed by atoms with van der Waals surface area (Å²) in [6.45, 7) is 0.254. The predicted octanol–water partition coefficient (Wildman–Crippen LogP) is 2.53. The minimum atomic E-state index is -0.194. The van der Waals surface area contributed by atoms with Crippen LogP contribution in [-0.4, -0.2) is 11.7 Å². The van der Waals surface area contributed by atoms with Gasteiger partial charge in [0.25, 0.3) is 0 Å². The summed E-state index contributed by atoms with van der Waals surface area (Å²) in [5, 5.41) is 9.28. The molecule has 1 aliphatic rings. The second-order valence-electron chi connectivity index (χ2n) is 4.31. The Morgan fingerprint density at radius 3 is 2.29 bits per heavy atom. The van der Waals surface area contributed by atoms with Gasteiger partial charge in [-0.2, -0.15) is 0 Å². The molecular weight excluding hydrogens is 179 g/mol. The van der Waals surface area contributed by atoms with Crippen LogP contribution in [0.5, 0.6) is 0 Å². The second-order valence-corrected chi connectivity index (χ2v) is 4.31. The van der Waals surface area contributed by atoms with E-state index in [1.807, 2.05) is 12.1 Å². The van der Waals surface area contributed by atoms with Gasteiger partial charge < -0.3 is 5.11 Å². The monoisotopic (exact) mass is 194 g/mol. The van der Waals surface area contributed by atoms with Gasteiger partial charge in [-0.25, -0.2) is 4.39 Å². The Kier molecular flexibility index (Phi) is 2.55. The summed E-state index contributed by atoms with van der Waals surface area (Å²) in [6, 6.07) is 6.59. The second kappa shape index (κ2) is 3.70. The molecule has 14 heavy (non-hydrogen) atoms. The molecule has 0 spiro atoms. The van der Waals surface area contributed by atoms with E-state index in [0.29, 0.717) is 0 Å². The van der Waals surface area contributed by atoms with Gasteiger partial charge in [-0.1, -0.05) is 18.6 Å². The van der Waals surface area contributed by atoms with Crippen molar-refractivity contribution < 1.29 is 9.50 Å². The maximum absolute atomic E-state index is 12.6. The molecule has 0 atom stereocenters. The van der Waals surface area contributed by atoms with E-state index in [1.54, 1.807) is 0 Å². The van der Waals surface area contributed by atoms with Gasteiger partial charge in [-0.15, -0.1) is 0 Å². The Bertz CT molecular complexity index is 295. The van der Waals surface area contributed by atoms with Crippen LogP contribution >= 0.6 is 0 Å². The van der Waals surface area contributed by atoms with Crippen LogP contribution < -0.4 is 0 Å². The van der Waals surface area contributed by atoms with Crippen molar-refractivity contribution in [3.8, 4) is 0 Å². The molecule has 2 heteroatoms. The summed E-state index contributed by atoms with van der Waals surface area (Å²) >= 11 is 0. The summed E-state index contributed by atoms with van der Waals surface area (Å²) in [7, 11) is 0. The van der Waals surface area contributed by atoms with Crippen LogP contribution in [0.3, 0.4) is 0 Å². The van der Waals surface area contributed by atoms with Crippen molar-refractivity contribution in [1.82, 2.24) is 0 Å². The lowest BCUT2D eigenvalue weighted by Crippen LogP contribution is -2.35. The van der Waals surface area contributed by atoms with Crippen molar-refractivity contribution >= 4 is 0 Å². The molecule has 0 bridgehead atoms. The third-order valence-corrected chi connectivity index (χ3v) is 3.24. The van der Waals surface area contributed by atoms with Gasteiger partial charge in [0.1, 0.15) is 5.82 Å². The molecular formula is C12H15FO. The molecule has 1 saturated carbocycles. The van der Waals surface area contributed by atoms with E-state index < -0.39 is 0 Å². The number of rotatable bonds is 3. The number of aliphatic hydroxyl groups is 1. The third kappa shape index (κ3) is 1.80. The molecule has 76 valence electrons. The highest BCUT2D eigenvalue weighted by Gasteiger charge is 2.36. The zero-order chi connectivity index (χ0) is 10.0. The van der Waals surface area contributed by atoms with E-state index in [0.717, 1.165) is 24.8 Å². The normalized spacial score (nSPS) is 19.0. The van der Waals surface area contributed by atoms with Crippen LogP contribution in [0.25, 0.3) is 0 Å². The maximum Gasteiger partial charge on any atom is 0.123 e. The Morgan fingerprint density at radius 2 is 1.86 bits per heavy atom. The lowest BCUT2D eigenvalue weighted by atomic mass is 9.66. The van der Waals surface area contributed by atoms with E-state index in [4.69, 9.17) is 0 Å². The number of benzene rings is 1. The first-order valence-electron chi connectivity index (χ1n) is 5.09. The Hall–Kier alpha value is -0.890. The Balaban J connectivity index is 2.06. The lowest BCUT2D eigenvalue weighted by Gasteiger charge is -2.40. The molecule has 1 aliphatic carbocycles. The predicted molar refractivity (Wildman–Crippen MR) is 53.5 cm³/mol. The highest BCUT2D eigenvalue weighted by atomic mass is 19.1. The van der Waals surface area contributed by atoms with Crippen LogP contribution in [0.4, 0.5) is 4.39 Å². The Labute approximate surface area is 83.6 Å². The highest BCUT2D eigenvalue weighted by Crippen LogP contribution is 2.43. The first kappa shape index (κ1) is 9.66. The quantitative estimate of drug-likeness (QED) is 0.784. The molecule has 0 unspecified atom stereocenters. The number of halogens is 1. The van der Waals surface area contributed by atoms with Gasteiger partial charge in [-0.05, 0) is 42.4 Å². The zero-order valence-corrected chi connectivity index (χ0v) is 8.17. The number of aliphatic hydroxyl groups excluding tert-OH is 1.